The highest BCUT2D eigenvalue weighted by atomic mass is 32.2. The fourth-order valence-electron chi connectivity index (χ4n) is 6.37. The molecule has 3 aromatic rings. The molecule has 50 heavy (non-hydrogen) atoms. The van der Waals surface area contributed by atoms with E-state index in [0.29, 0.717) is 17.6 Å². The average Bonchev–Trinajstić information content (AvgIpc) is 3.62. The van der Waals surface area contributed by atoms with Crippen LogP contribution in [0.3, 0.4) is 0 Å². The van der Waals surface area contributed by atoms with Crippen molar-refractivity contribution in [2.24, 2.45) is 10.8 Å². The van der Waals surface area contributed by atoms with Gasteiger partial charge in [-0.2, -0.15) is 21.6 Å². The quantitative estimate of drug-likeness (QED) is 0.130. The van der Waals surface area contributed by atoms with E-state index in [4.69, 9.17) is 4.74 Å². The van der Waals surface area contributed by atoms with Crippen molar-refractivity contribution >= 4 is 33.2 Å². The molecule has 0 saturated heterocycles. The van der Waals surface area contributed by atoms with Crippen molar-refractivity contribution in [3.63, 3.8) is 0 Å². The predicted octanol–water partition coefficient (Wildman–Crippen LogP) is 9.81. The summed E-state index contributed by atoms with van der Waals surface area (Å²) in [5.74, 6) is -1.46. The number of hydrogen-bond acceptors (Lipinski definition) is 7. The van der Waals surface area contributed by atoms with Gasteiger partial charge in [-0.1, -0.05) is 77.1 Å². The van der Waals surface area contributed by atoms with Crippen molar-refractivity contribution in [2.75, 3.05) is 14.2 Å². The molecule has 0 aliphatic heterocycles. The first-order chi connectivity index (χ1) is 23.3. The third-order valence-electron chi connectivity index (χ3n) is 9.24. The van der Waals surface area contributed by atoms with E-state index in [0.717, 1.165) is 43.4 Å². The number of ether oxygens (including phenoxy) is 2. The van der Waals surface area contributed by atoms with Gasteiger partial charge in [0.15, 0.2) is 5.75 Å². The van der Waals surface area contributed by atoms with Crippen molar-refractivity contribution in [3.8, 4) is 16.9 Å². The lowest BCUT2D eigenvalue weighted by Crippen LogP contribution is -2.28. The number of carbonyl (C=O) groups is 2. The molecule has 11 heteroatoms. The summed E-state index contributed by atoms with van der Waals surface area (Å²) in [4.78, 5) is 23.8. The Hall–Kier alpha value is -4.38. The first kappa shape index (κ1) is 38.4. The van der Waals surface area contributed by atoms with Crippen LogP contribution in [-0.2, 0) is 26.0 Å². The van der Waals surface area contributed by atoms with Crippen LogP contribution in [0.5, 0.6) is 5.75 Å². The Labute approximate surface area is 292 Å². The largest absolute Gasteiger partial charge is 0.534 e. The molecule has 0 aromatic heterocycles. The van der Waals surface area contributed by atoms with E-state index >= 15 is 0 Å². The Bertz CT molecular complexity index is 1940. The Morgan fingerprint density at radius 3 is 1.74 bits per heavy atom. The molecule has 3 aromatic carbocycles. The van der Waals surface area contributed by atoms with E-state index in [-0.39, 0.29) is 22.5 Å². The molecule has 0 unspecified atom stereocenters. The van der Waals surface area contributed by atoms with E-state index in [1.165, 1.54) is 42.5 Å². The number of aryl methyl sites for hydroxylation is 1. The first-order valence-electron chi connectivity index (χ1n) is 16.3. The molecule has 7 nitrogen and oxygen atoms in total. The Morgan fingerprint density at radius 1 is 0.740 bits per heavy atom. The number of carbonyl (C=O) groups excluding carboxylic acids is 2. The Balaban J connectivity index is 0.000000225. The summed E-state index contributed by atoms with van der Waals surface area (Å²) in [7, 11) is -3.23. The van der Waals surface area contributed by atoms with Crippen molar-refractivity contribution in [1.82, 2.24) is 0 Å². The molecule has 0 bridgehead atoms. The molecule has 0 heterocycles. The minimum absolute atomic E-state index is 0.0813. The number of esters is 2. The number of rotatable bonds is 8. The smallest absolute Gasteiger partial charge is 0.465 e. The number of methoxy groups -OCH3 is 2. The van der Waals surface area contributed by atoms with E-state index < -0.39 is 32.8 Å². The summed E-state index contributed by atoms with van der Waals surface area (Å²) in [6, 6.07) is 18.1. The van der Waals surface area contributed by atoms with Gasteiger partial charge in [0.25, 0.3) is 0 Å². The van der Waals surface area contributed by atoms with Crippen LogP contribution in [0, 0.1) is 10.8 Å². The van der Waals surface area contributed by atoms with Crippen LogP contribution in [0.4, 0.5) is 13.2 Å². The molecule has 2 aliphatic carbocycles. The second kappa shape index (κ2) is 14.8. The summed E-state index contributed by atoms with van der Waals surface area (Å²) < 4.78 is 74.5. The summed E-state index contributed by atoms with van der Waals surface area (Å²) in [5, 5.41) is 0. The number of allylic oxidation sites excluding steroid dienone is 4. The normalized spacial score (nSPS) is 16.4. The zero-order valence-electron chi connectivity index (χ0n) is 29.4. The molecule has 5 rings (SSSR count). The van der Waals surface area contributed by atoms with E-state index in [1.54, 1.807) is 6.08 Å². The fourth-order valence-corrected chi connectivity index (χ4v) is 6.85. The summed E-state index contributed by atoms with van der Waals surface area (Å²) in [5.41, 5.74) is 1.77. The van der Waals surface area contributed by atoms with Gasteiger partial charge in [0, 0.05) is 5.56 Å². The fraction of sp³-hybridized carbons (Fsp3) is 0.385. The average molecular weight is 713 g/mol. The molecule has 0 N–H and O–H groups in total. The number of hydrogen-bond donors (Lipinski definition) is 0. The van der Waals surface area contributed by atoms with E-state index in [9.17, 15) is 31.2 Å². The number of halogens is 3. The van der Waals surface area contributed by atoms with Crippen molar-refractivity contribution in [2.45, 2.75) is 72.2 Å². The van der Waals surface area contributed by atoms with Crippen LogP contribution in [0.2, 0.25) is 0 Å². The standard InChI is InChI=1S/C23H26O2.C16H17F3O5S/c1-5-16-8-6-9-17(14-16)19-12-11-18(22(24)25-4)15-20(19)21-10-7-13-23(21,2)3;1-15(2)8-4-5-12(15)11-9-10(14(20)23-3)6-7-13(11)24-25(21,22)16(17,18)19/h6,8-12,14-15H,5,7,13H2,1-4H3;5-7,9H,4,8H2,1-3H3. The minimum Gasteiger partial charge on any atom is -0.465 e. The lowest BCUT2D eigenvalue weighted by Gasteiger charge is -2.25. The maximum absolute atomic E-state index is 12.6. The van der Waals surface area contributed by atoms with Crippen LogP contribution >= 0.6 is 0 Å². The Kier molecular flexibility index (Phi) is 11.4. The van der Waals surface area contributed by atoms with Crippen molar-refractivity contribution in [1.29, 1.82) is 0 Å². The maximum Gasteiger partial charge on any atom is 0.534 e. The summed E-state index contributed by atoms with van der Waals surface area (Å²) >= 11 is 0. The molecule has 0 atom stereocenters. The Morgan fingerprint density at radius 2 is 1.26 bits per heavy atom. The first-order valence-corrected chi connectivity index (χ1v) is 17.7. The zero-order valence-corrected chi connectivity index (χ0v) is 30.2. The van der Waals surface area contributed by atoms with Crippen LogP contribution in [-0.4, -0.2) is 40.1 Å². The molecule has 0 saturated carbocycles. The third kappa shape index (κ3) is 8.31. The molecule has 268 valence electrons. The summed E-state index contributed by atoms with van der Waals surface area (Å²) in [6.07, 6.45) is 8.76. The second-order valence-corrected chi connectivity index (χ2v) is 15.1. The third-order valence-corrected chi connectivity index (χ3v) is 10.2. The van der Waals surface area contributed by atoms with E-state index in [1.807, 2.05) is 26.0 Å². The second-order valence-electron chi connectivity index (χ2n) is 13.6. The van der Waals surface area contributed by atoms with Gasteiger partial charge >= 0.3 is 27.6 Å². The van der Waals surface area contributed by atoms with Gasteiger partial charge in [0.2, 0.25) is 0 Å². The molecular weight excluding hydrogens is 669 g/mol. The molecule has 0 fully saturated rings. The lowest BCUT2D eigenvalue weighted by atomic mass is 9.79. The van der Waals surface area contributed by atoms with Gasteiger partial charge in [0.1, 0.15) is 0 Å². The molecule has 0 spiro atoms. The highest BCUT2D eigenvalue weighted by Crippen LogP contribution is 2.48. The van der Waals surface area contributed by atoms with Gasteiger partial charge in [-0.15, -0.1) is 0 Å². The van der Waals surface area contributed by atoms with E-state index in [2.05, 4.69) is 66.1 Å². The molecular formula is C39H43F3O7S. The predicted molar refractivity (Wildman–Crippen MR) is 188 cm³/mol. The van der Waals surface area contributed by atoms with Gasteiger partial charge in [-0.3, -0.25) is 0 Å². The summed E-state index contributed by atoms with van der Waals surface area (Å²) in [6.45, 7) is 10.5. The monoisotopic (exact) mass is 712 g/mol. The van der Waals surface area contributed by atoms with Gasteiger partial charge in [-0.05, 0) is 107 Å². The minimum atomic E-state index is -5.82. The number of benzene rings is 3. The number of alkyl halides is 3. The molecule has 2 aliphatic rings. The highest BCUT2D eigenvalue weighted by Gasteiger charge is 2.49. The topological polar surface area (TPSA) is 96.0 Å². The zero-order chi connectivity index (χ0) is 37.1. The van der Waals surface area contributed by atoms with Crippen LogP contribution in [0.25, 0.3) is 22.3 Å². The lowest BCUT2D eigenvalue weighted by molar-refractivity contribution is -0.0500. The maximum atomic E-state index is 12.6. The highest BCUT2D eigenvalue weighted by molar-refractivity contribution is 7.88. The van der Waals surface area contributed by atoms with Crippen LogP contribution in [0.15, 0.2) is 72.8 Å². The van der Waals surface area contributed by atoms with Gasteiger partial charge in [0.05, 0.1) is 25.3 Å². The van der Waals surface area contributed by atoms with Crippen molar-refractivity contribution in [3.05, 3.63) is 101 Å². The van der Waals surface area contributed by atoms with Crippen LogP contribution in [0.1, 0.15) is 97.7 Å². The molecule has 0 amide bonds. The van der Waals surface area contributed by atoms with Gasteiger partial charge < -0.3 is 13.7 Å². The van der Waals surface area contributed by atoms with Gasteiger partial charge in [-0.25, -0.2) is 9.59 Å². The SMILES string of the molecule is CCc1cccc(-c2ccc(C(=O)OC)cc2C2=CCCC2(C)C)c1.COC(=O)c1ccc(OS(=O)(=O)C(F)(F)F)c(C2=CCCC2(C)C)c1. The van der Waals surface area contributed by atoms with Crippen molar-refractivity contribution < 1.29 is 44.8 Å². The molecule has 0 radical (unpaired) electrons. The van der Waals surface area contributed by atoms with Crippen LogP contribution < -0.4 is 4.18 Å².